The predicted octanol–water partition coefficient (Wildman–Crippen LogP) is -0.754. The highest BCUT2D eigenvalue weighted by atomic mass is 16.2. The van der Waals surface area contributed by atoms with E-state index in [9.17, 15) is 14.4 Å². The van der Waals surface area contributed by atoms with E-state index in [4.69, 9.17) is 11.5 Å². The Balaban J connectivity index is 3.96. The minimum absolute atomic E-state index is 0.00158. The number of nitrogens with one attached hydrogen (secondary N) is 2. The Hall–Kier alpha value is -1.63. The molecule has 20 heavy (non-hydrogen) atoms. The van der Waals surface area contributed by atoms with E-state index in [1.54, 1.807) is 0 Å². The summed E-state index contributed by atoms with van der Waals surface area (Å²) in [7, 11) is 0. The second-order valence-corrected chi connectivity index (χ2v) is 5.19. The topological polar surface area (TPSA) is 127 Å². The van der Waals surface area contributed by atoms with Crippen molar-refractivity contribution in [1.29, 1.82) is 0 Å². The van der Waals surface area contributed by atoms with Crippen molar-refractivity contribution in [1.82, 2.24) is 10.6 Å². The highest BCUT2D eigenvalue weighted by Crippen LogP contribution is 2.01. The lowest BCUT2D eigenvalue weighted by Crippen LogP contribution is -2.49. The van der Waals surface area contributed by atoms with Crippen LogP contribution in [0.15, 0.2) is 0 Å². The molecule has 0 unspecified atom stereocenters. The third-order valence-corrected chi connectivity index (χ3v) is 2.82. The number of hydrogen-bond donors (Lipinski definition) is 4. The summed E-state index contributed by atoms with van der Waals surface area (Å²) in [6.45, 7) is 5.72. The summed E-state index contributed by atoms with van der Waals surface area (Å²) in [5.41, 5.74) is 10.6. The molecule has 0 radical (unpaired) electrons. The van der Waals surface area contributed by atoms with Gasteiger partial charge in [-0.25, -0.2) is 0 Å². The van der Waals surface area contributed by atoms with Gasteiger partial charge < -0.3 is 22.1 Å². The maximum Gasteiger partial charge on any atom is 0.240 e. The molecular formula is C13H26N4O3. The third-order valence-electron chi connectivity index (χ3n) is 2.82. The van der Waals surface area contributed by atoms with E-state index in [0.29, 0.717) is 19.4 Å². The van der Waals surface area contributed by atoms with Gasteiger partial charge in [-0.15, -0.1) is 0 Å². The summed E-state index contributed by atoms with van der Waals surface area (Å²) >= 11 is 0. The van der Waals surface area contributed by atoms with Gasteiger partial charge in [0.25, 0.3) is 0 Å². The molecule has 2 atom stereocenters. The highest BCUT2D eigenvalue weighted by molar-refractivity contribution is 5.88. The molecule has 0 rings (SSSR count). The van der Waals surface area contributed by atoms with Crippen molar-refractivity contribution in [2.24, 2.45) is 17.4 Å². The molecule has 3 amide bonds. The fourth-order valence-electron chi connectivity index (χ4n) is 1.48. The molecule has 0 aliphatic heterocycles. The van der Waals surface area contributed by atoms with E-state index < -0.39 is 23.9 Å². The fraction of sp³-hybridized carbons (Fsp3) is 0.769. The van der Waals surface area contributed by atoms with Gasteiger partial charge in [-0.05, 0) is 26.2 Å². The average molecular weight is 286 g/mol. The number of unbranched alkanes of at least 4 members (excludes halogenated alkanes) is 1. The summed E-state index contributed by atoms with van der Waals surface area (Å²) in [6.07, 6.45) is 1.83. The lowest BCUT2D eigenvalue weighted by molar-refractivity contribution is -0.128. The maximum absolute atomic E-state index is 11.4. The fourth-order valence-corrected chi connectivity index (χ4v) is 1.48. The first kappa shape index (κ1) is 18.4. The molecule has 0 aliphatic rings. The van der Waals surface area contributed by atoms with Crippen LogP contribution in [0.3, 0.4) is 0 Å². The Bertz CT molecular complexity index is 343. The summed E-state index contributed by atoms with van der Waals surface area (Å²) in [6, 6.07) is -1.39. The molecule has 0 aliphatic carbocycles. The molecule has 0 spiro atoms. The number of hydrogen-bond acceptors (Lipinski definition) is 4. The van der Waals surface area contributed by atoms with Crippen molar-refractivity contribution in [3.05, 3.63) is 0 Å². The summed E-state index contributed by atoms with van der Waals surface area (Å²) in [4.78, 5) is 33.9. The van der Waals surface area contributed by atoms with Gasteiger partial charge in [-0.3, -0.25) is 14.4 Å². The van der Waals surface area contributed by atoms with Gasteiger partial charge >= 0.3 is 0 Å². The van der Waals surface area contributed by atoms with E-state index in [0.717, 1.165) is 6.42 Å². The zero-order valence-electron chi connectivity index (χ0n) is 12.4. The first-order valence-electron chi connectivity index (χ1n) is 6.88. The number of carbonyl (C=O) groups excluding carboxylic acids is 3. The first-order chi connectivity index (χ1) is 9.25. The Morgan fingerprint density at radius 2 is 1.65 bits per heavy atom. The van der Waals surface area contributed by atoms with Crippen molar-refractivity contribution in [2.75, 3.05) is 6.54 Å². The van der Waals surface area contributed by atoms with Gasteiger partial charge in [-0.1, -0.05) is 13.8 Å². The minimum atomic E-state index is -0.714. The molecule has 0 aromatic heterocycles. The Kier molecular flexibility index (Phi) is 8.54. The van der Waals surface area contributed by atoms with Crippen LogP contribution in [0.1, 0.15) is 40.0 Å². The van der Waals surface area contributed by atoms with Crippen LogP contribution in [0.25, 0.3) is 0 Å². The molecule has 0 heterocycles. The first-order valence-corrected chi connectivity index (χ1v) is 6.88. The molecule has 7 nitrogen and oxygen atoms in total. The molecular weight excluding hydrogens is 260 g/mol. The van der Waals surface area contributed by atoms with Crippen LogP contribution in [-0.4, -0.2) is 36.3 Å². The number of carbonyl (C=O) groups is 3. The highest BCUT2D eigenvalue weighted by Gasteiger charge is 2.19. The van der Waals surface area contributed by atoms with Crippen LogP contribution in [0.5, 0.6) is 0 Å². The van der Waals surface area contributed by atoms with Crippen molar-refractivity contribution in [2.45, 2.75) is 52.1 Å². The van der Waals surface area contributed by atoms with E-state index in [-0.39, 0.29) is 11.8 Å². The Morgan fingerprint density at radius 3 is 2.10 bits per heavy atom. The van der Waals surface area contributed by atoms with E-state index in [1.807, 2.05) is 13.8 Å². The van der Waals surface area contributed by atoms with Crippen molar-refractivity contribution < 1.29 is 14.4 Å². The molecule has 0 bridgehead atoms. The van der Waals surface area contributed by atoms with Gasteiger partial charge in [0.15, 0.2) is 0 Å². The molecule has 0 saturated carbocycles. The van der Waals surface area contributed by atoms with Crippen LogP contribution in [0, 0.1) is 5.92 Å². The Morgan fingerprint density at radius 1 is 1.05 bits per heavy atom. The van der Waals surface area contributed by atoms with Crippen LogP contribution >= 0.6 is 0 Å². The summed E-state index contributed by atoms with van der Waals surface area (Å²) < 4.78 is 0. The van der Waals surface area contributed by atoms with Crippen molar-refractivity contribution >= 4 is 17.7 Å². The molecule has 0 fully saturated rings. The second-order valence-electron chi connectivity index (χ2n) is 5.19. The smallest absolute Gasteiger partial charge is 0.240 e. The number of rotatable bonds is 9. The van der Waals surface area contributed by atoms with Gasteiger partial charge in [0, 0.05) is 12.5 Å². The summed E-state index contributed by atoms with van der Waals surface area (Å²) in [5.74, 6) is -1.02. The van der Waals surface area contributed by atoms with Crippen molar-refractivity contribution in [3.63, 3.8) is 0 Å². The molecule has 0 saturated heterocycles. The predicted molar refractivity (Wildman–Crippen MR) is 76.5 cm³/mol. The standard InChI is InChI=1S/C13H26N4O3/c1-8(2)12(19)16-7-5-4-6-10(11(15)18)17-13(20)9(3)14/h8-10H,4-7,14H2,1-3H3,(H2,15,18)(H,16,19)(H,17,20)/t9-,10-/m0/s1. The number of amides is 3. The normalized spacial score (nSPS) is 13.7. The zero-order chi connectivity index (χ0) is 15.7. The van der Waals surface area contributed by atoms with Crippen molar-refractivity contribution in [3.8, 4) is 0 Å². The molecule has 0 aromatic rings. The zero-order valence-corrected chi connectivity index (χ0v) is 12.4. The van der Waals surface area contributed by atoms with Crippen LogP contribution in [0.2, 0.25) is 0 Å². The minimum Gasteiger partial charge on any atom is -0.368 e. The quantitative estimate of drug-likeness (QED) is 0.416. The van der Waals surface area contributed by atoms with Crippen LogP contribution in [-0.2, 0) is 14.4 Å². The van der Waals surface area contributed by atoms with Crippen LogP contribution in [0.4, 0.5) is 0 Å². The van der Waals surface area contributed by atoms with E-state index in [2.05, 4.69) is 10.6 Å². The second kappa shape index (κ2) is 9.30. The maximum atomic E-state index is 11.4. The van der Waals surface area contributed by atoms with Crippen LogP contribution < -0.4 is 22.1 Å². The molecule has 6 N–H and O–H groups in total. The molecule has 7 heteroatoms. The lowest BCUT2D eigenvalue weighted by atomic mass is 10.1. The van der Waals surface area contributed by atoms with Gasteiger partial charge in [0.05, 0.1) is 6.04 Å². The average Bonchev–Trinajstić information content (AvgIpc) is 2.35. The summed E-state index contributed by atoms with van der Waals surface area (Å²) in [5, 5.41) is 5.29. The molecule has 116 valence electrons. The van der Waals surface area contributed by atoms with Gasteiger partial charge in [-0.2, -0.15) is 0 Å². The third kappa shape index (κ3) is 7.73. The number of primary amides is 1. The van der Waals surface area contributed by atoms with E-state index >= 15 is 0 Å². The lowest BCUT2D eigenvalue weighted by Gasteiger charge is -2.17. The van der Waals surface area contributed by atoms with E-state index in [1.165, 1.54) is 6.92 Å². The monoisotopic (exact) mass is 286 g/mol. The molecule has 0 aromatic carbocycles. The van der Waals surface area contributed by atoms with Gasteiger partial charge in [0.1, 0.15) is 6.04 Å². The number of nitrogens with two attached hydrogens (primary N) is 2. The SMILES string of the molecule is CC(C)C(=O)NCCCC[C@H](NC(=O)[C@H](C)N)C(N)=O. The largest absolute Gasteiger partial charge is 0.368 e. The Labute approximate surface area is 119 Å². The van der Waals surface area contributed by atoms with Gasteiger partial charge in [0.2, 0.25) is 17.7 Å².